The Morgan fingerprint density at radius 3 is 2.86 bits per heavy atom. The van der Waals surface area contributed by atoms with E-state index in [1.807, 2.05) is 12.3 Å². The van der Waals surface area contributed by atoms with Crippen molar-refractivity contribution in [3.63, 3.8) is 0 Å². The fourth-order valence-corrected chi connectivity index (χ4v) is 2.06. The molecule has 0 bridgehead atoms. The summed E-state index contributed by atoms with van der Waals surface area (Å²) in [6, 6.07) is 0. The van der Waals surface area contributed by atoms with E-state index in [0.717, 1.165) is 11.6 Å². The second-order valence-corrected chi connectivity index (χ2v) is 5.18. The minimum Gasteiger partial charge on any atom is -0.388 e. The summed E-state index contributed by atoms with van der Waals surface area (Å²) in [6.07, 6.45) is 2.55. The van der Waals surface area contributed by atoms with Gasteiger partial charge in [0.25, 0.3) is 0 Å². The molecule has 0 aliphatic rings. The molecule has 1 atom stereocenters. The number of rotatable bonds is 5. The smallest absolute Gasteiger partial charge is 0.182 e. The zero-order chi connectivity index (χ0) is 10.6. The van der Waals surface area contributed by atoms with Crippen LogP contribution in [0.5, 0.6) is 0 Å². The average molecular weight is 214 g/mol. The summed E-state index contributed by atoms with van der Waals surface area (Å²) in [7, 11) is 0. The molecule has 1 aromatic rings. The van der Waals surface area contributed by atoms with Gasteiger partial charge in [0.15, 0.2) is 5.13 Å². The van der Waals surface area contributed by atoms with Crippen LogP contribution in [0, 0.1) is 5.92 Å². The first kappa shape index (κ1) is 11.5. The van der Waals surface area contributed by atoms with E-state index in [1.165, 1.54) is 0 Å². The SMILES string of the molecule is CC(C)CC(C)(O)CNc1nccs1. The van der Waals surface area contributed by atoms with Crippen molar-refractivity contribution in [2.24, 2.45) is 5.92 Å². The molecule has 0 radical (unpaired) electrons. The molecule has 0 spiro atoms. The predicted molar refractivity (Wildman–Crippen MR) is 60.7 cm³/mol. The highest BCUT2D eigenvalue weighted by atomic mass is 32.1. The van der Waals surface area contributed by atoms with Crippen LogP contribution in [0.15, 0.2) is 11.6 Å². The van der Waals surface area contributed by atoms with E-state index < -0.39 is 5.60 Å². The number of aliphatic hydroxyl groups is 1. The number of hydrogen-bond acceptors (Lipinski definition) is 4. The van der Waals surface area contributed by atoms with Gasteiger partial charge in [-0.2, -0.15) is 0 Å². The molecule has 1 rings (SSSR count). The molecule has 0 aliphatic heterocycles. The maximum absolute atomic E-state index is 10.00. The van der Waals surface area contributed by atoms with Crippen molar-refractivity contribution in [1.82, 2.24) is 4.98 Å². The Morgan fingerprint density at radius 1 is 1.64 bits per heavy atom. The first-order chi connectivity index (χ1) is 6.49. The molecule has 2 N–H and O–H groups in total. The van der Waals surface area contributed by atoms with Crippen LogP contribution >= 0.6 is 11.3 Å². The highest BCUT2D eigenvalue weighted by Crippen LogP contribution is 2.18. The fourth-order valence-electron chi connectivity index (χ4n) is 1.53. The normalized spacial score (nSPS) is 15.5. The van der Waals surface area contributed by atoms with Crippen molar-refractivity contribution < 1.29 is 5.11 Å². The molecular formula is C10H18N2OS. The molecule has 0 saturated carbocycles. The van der Waals surface area contributed by atoms with Gasteiger partial charge in [0.05, 0.1) is 5.60 Å². The Labute approximate surface area is 89.2 Å². The van der Waals surface area contributed by atoms with E-state index in [4.69, 9.17) is 0 Å². The Balaban J connectivity index is 2.36. The monoisotopic (exact) mass is 214 g/mol. The van der Waals surface area contributed by atoms with E-state index in [1.54, 1.807) is 17.5 Å². The third-order valence-corrected chi connectivity index (χ3v) is 2.63. The molecule has 14 heavy (non-hydrogen) atoms. The van der Waals surface area contributed by atoms with Gasteiger partial charge in [-0.15, -0.1) is 11.3 Å². The van der Waals surface area contributed by atoms with Crippen LogP contribution in [-0.2, 0) is 0 Å². The van der Waals surface area contributed by atoms with Gasteiger partial charge in [0.1, 0.15) is 0 Å². The summed E-state index contributed by atoms with van der Waals surface area (Å²) >= 11 is 1.55. The molecule has 4 heteroatoms. The minimum atomic E-state index is -0.653. The minimum absolute atomic E-state index is 0.503. The lowest BCUT2D eigenvalue weighted by Gasteiger charge is -2.25. The summed E-state index contributed by atoms with van der Waals surface area (Å²) < 4.78 is 0. The summed E-state index contributed by atoms with van der Waals surface area (Å²) in [4.78, 5) is 4.09. The number of aromatic nitrogens is 1. The van der Waals surface area contributed by atoms with Crippen LogP contribution in [0.25, 0.3) is 0 Å². The van der Waals surface area contributed by atoms with Crippen molar-refractivity contribution in [2.75, 3.05) is 11.9 Å². The molecular weight excluding hydrogens is 196 g/mol. The van der Waals surface area contributed by atoms with Crippen molar-refractivity contribution >= 4 is 16.5 Å². The van der Waals surface area contributed by atoms with Crippen LogP contribution in [-0.4, -0.2) is 22.2 Å². The molecule has 0 amide bonds. The molecule has 0 fully saturated rings. The summed E-state index contributed by atoms with van der Waals surface area (Å²) in [5.74, 6) is 0.503. The molecule has 1 heterocycles. The predicted octanol–water partition coefficient (Wildman–Crippen LogP) is 2.35. The Kier molecular flexibility index (Phi) is 3.89. The molecule has 0 aliphatic carbocycles. The maximum atomic E-state index is 10.00. The number of thiazole rings is 1. The topological polar surface area (TPSA) is 45.1 Å². The molecule has 0 aromatic carbocycles. The van der Waals surface area contributed by atoms with Crippen molar-refractivity contribution in [3.05, 3.63) is 11.6 Å². The largest absolute Gasteiger partial charge is 0.388 e. The van der Waals surface area contributed by atoms with E-state index in [2.05, 4.69) is 24.1 Å². The van der Waals surface area contributed by atoms with Crippen molar-refractivity contribution in [3.8, 4) is 0 Å². The molecule has 80 valence electrons. The summed E-state index contributed by atoms with van der Waals surface area (Å²) in [5, 5.41) is 15.9. The standard InChI is InChI=1S/C10H18N2OS/c1-8(2)6-10(3,13)7-12-9-11-4-5-14-9/h4-5,8,13H,6-7H2,1-3H3,(H,11,12). The van der Waals surface area contributed by atoms with Gasteiger partial charge < -0.3 is 10.4 Å². The van der Waals surface area contributed by atoms with E-state index in [9.17, 15) is 5.11 Å². The first-order valence-electron chi connectivity index (χ1n) is 4.85. The number of nitrogens with one attached hydrogen (secondary N) is 1. The molecule has 3 nitrogen and oxygen atoms in total. The Morgan fingerprint density at radius 2 is 2.36 bits per heavy atom. The van der Waals surface area contributed by atoms with Crippen molar-refractivity contribution in [2.45, 2.75) is 32.8 Å². The molecule has 1 aromatic heterocycles. The maximum Gasteiger partial charge on any atom is 0.182 e. The van der Waals surface area contributed by atoms with Gasteiger partial charge in [-0.05, 0) is 19.3 Å². The average Bonchev–Trinajstić information content (AvgIpc) is 2.50. The Bertz CT molecular complexity index is 257. The van der Waals surface area contributed by atoms with Crippen LogP contribution in [0.3, 0.4) is 0 Å². The quantitative estimate of drug-likeness (QED) is 0.791. The second-order valence-electron chi connectivity index (χ2n) is 4.29. The summed E-state index contributed by atoms with van der Waals surface area (Å²) in [5.41, 5.74) is -0.653. The van der Waals surface area contributed by atoms with Gasteiger partial charge in [-0.25, -0.2) is 4.98 Å². The zero-order valence-corrected chi connectivity index (χ0v) is 9.77. The highest BCUT2D eigenvalue weighted by Gasteiger charge is 2.21. The second kappa shape index (κ2) is 4.75. The fraction of sp³-hybridized carbons (Fsp3) is 0.700. The molecule has 0 saturated heterocycles. The van der Waals surface area contributed by atoms with E-state index >= 15 is 0 Å². The van der Waals surface area contributed by atoms with Gasteiger partial charge in [-0.1, -0.05) is 13.8 Å². The highest BCUT2D eigenvalue weighted by molar-refractivity contribution is 7.13. The Hall–Kier alpha value is -0.610. The van der Waals surface area contributed by atoms with Crippen LogP contribution in [0.1, 0.15) is 27.2 Å². The van der Waals surface area contributed by atoms with Crippen molar-refractivity contribution in [1.29, 1.82) is 0 Å². The third-order valence-electron chi connectivity index (χ3n) is 1.90. The lowest BCUT2D eigenvalue weighted by Crippen LogP contribution is -2.34. The van der Waals surface area contributed by atoms with E-state index in [-0.39, 0.29) is 0 Å². The number of nitrogens with zero attached hydrogens (tertiary/aromatic N) is 1. The van der Waals surface area contributed by atoms with E-state index in [0.29, 0.717) is 12.5 Å². The zero-order valence-electron chi connectivity index (χ0n) is 8.95. The van der Waals surface area contributed by atoms with Gasteiger partial charge in [0.2, 0.25) is 0 Å². The third kappa shape index (κ3) is 4.07. The first-order valence-corrected chi connectivity index (χ1v) is 5.73. The summed E-state index contributed by atoms with van der Waals surface area (Å²) in [6.45, 7) is 6.63. The van der Waals surface area contributed by atoms with Crippen LogP contribution in [0.4, 0.5) is 5.13 Å². The number of hydrogen-bond donors (Lipinski definition) is 2. The van der Waals surface area contributed by atoms with Gasteiger partial charge in [0, 0.05) is 18.1 Å². The van der Waals surface area contributed by atoms with Crippen LogP contribution < -0.4 is 5.32 Å². The van der Waals surface area contributed by atoms with Gasteiger partial charge >= 0.3 is 0 Å². The lowest BCUT2D eigenvalue weighted by molar-refractivity contribution is 0.0515. The lowest BCUT2D eigenvalue weighted by atomic mass is 9.94. The molecule has 1 unspecified atom stereocenters. The van der Waals surface area contributed by atoms with Crippen LogP contribution in [0.2, 0.25) is 0 Å². The van der Waals surface area contributed by atoms with Gasteiger partial charge in [-0.3, -0.25) is 0 Å². The number of anilines is 1.